The molecule has 1 N–H and O–H groups in total. The zero-order valence-electron chi connectivity index (χ0n) is 14.6. The van der Waals surface area contributed by atoms with Crippen molar-refractivity contribution in [1.29, 1.82) is 0 Å². The van der Waals surface area contributed by atoms with Crippen molar-refractivity contribution in [2.45, 2.75) is 52.6 Å². The first kappa shape index (κ1) is 18.7. The van der Waals surface area contributed by atoms with Gasteiger partial charge in [0.25, 0.3) is 0 Å². The Labute approximate surface area is 148 Å². The number of unbranched alkanes of at least 4 members (excludes halogenated alkanes) is 1. The summed E-state index contributed by atoms with van der Waals surface area (Å²) in [5.74, 6) is -0.737. The van der Waals surface area contributed by atoms with Crippen molar-refractivity contribution in [3.05, 3.63) is 57.3 Å². The standard InChI is InChI=1S/C20H27NO2S/c1-3-4-6-17-7-5-8-18(12-17)13-21(10-9-20(22)23)14-19-11-16(2)15-24-19/h5,7-8,11-12,15H,3-4,6,9-10,13-14H2,1-2H3,(H,22,23). The second kappa shape index (κ2) is 9.60. The topological polar surface area (TPSA) is 40.5 Å². The fourth-order valence-electron chi connectivity index (χ4n) is 2.78. The largest absolute Gasteiger partial charge is 0.481 e. The fourth-order valence-corrected chi connectivity index (χ4v) is 3.70. The van der Waals surface area contributed by atoms with E-state index in [9.17, 15) is 4.79 Å². The van der Waals surface area contributed by atoms with Gasteiger partial charge in [-0.25, -0.2) is 0 Å². The van der Waals surface area contributed by atoms with Crippen LogP contribution in [0.2, 0.25) is 0 Å². The molecular formula is C20H27NO2S. The number of carbonyl (C=O) groups is 1. The van der Waals surface area contributed by atoms with E-state index >= 15 is 0 Å². The van der Waals surface area contributed by atoms with Crippen LogP contribution in [0, 0.1) is 6.92 Å². The van der Waals surface area contributed by atoms with Crippen LogP contribution in [-0.4, -0.2) is 22.5 Å². The third kappa shape index (κ3) is 6.46. The molecule has 3 nitrogen and oxygen atoms in total. The summed E-state index contributed by atoms with van der Waals surface area (Å²) < 4.78 is 0. The number of hydrogen-bond acceptors (Lipinski definition) is 3. The van der Waals surface area contributed by atoms with Gasteiger partial charge in [-0.3, -0.25) is 9.69 Å². The van der Waals surface area contributed by atoms with Gasteiger partial charge < -0.3 is 5.11 Å². The van der Waals surface area contributed by atoms with E-state index in [4.69, 9.17) is 5.11 Å². The number of carboxylic acids is 1. The lowest BCUT2D eigenvalue weighted by atomic mass is 10.1. The summed E-state index contributed by atoms with van der Waals surface area (Å²) in [4.78, 5) is 14.5. The molecule has 0 aliphatic rings. The van der Waals surface area contributed by atoms with E-state index < -0.39 is 5.97 Å². The molecule has 0 aliphatic heterocycles. The van der Waals surface area contributed by atoms with Crippen LogP contribution in [-0.2, 0) is 24.3 Å². The number of hydrogen-bond donors (Lipinski definition) is 1. The Hall–Kier alpha value is -1.65. The van der Waals surface area contributed by atoms with Gasteiger partial charge in [0, 0.05) is 24.5 Å². The first-order valence-corrected chi connectivity index (χ1v) is 9.50. The van der Waals surface area contributed by atoms with Gasteiger partial charge >= 0.3 is 5.97 Å². The van der Waals surface area contributed by atoms with Crippen LogP contribution in [0.4, 0.5) is 0 Å². The molecule has 2 aromatic rings. The second-order valence-electron chi connectivity index (χ2n) is 6.37. The number of benzene rings is 1. The summed E-state index contributed by atoms with van der Waals surface area (Å²) >= 11 is 1.75. The number of aryl methyl sites for hydroxylation is 2. The third-order valence-corrected chi connectivity index (χ3v) is 5.06. The summed E-state index contributed by atoms with van der Waals surface area (Å²) in [5.41, 5.74) is 3.91. The van der Waals surface area contributed by atoms with Crippen molar-refractivity contribution >= 4 is 17.3 Å². The maximum Gasteiger partial charge on any atom is 0.304 e. The lowest BCUT2D eigenvalue weighted by Gasteiger charge is -2.21. The number of aliphatic carboxylic acids is 1. The minimum atomic E-state index is -0.737. The maximum atomic E-state index is 11.0. The predicted molar refractivity (Wildman–Crippen MR) is 100 cm³/mol. The highest BCUT2D eigenvalue weighted by Gasteiger charge is 2.11. The fraction of sp³-hybridized carbons (Fsp3) is 0.450. The first-order valence-electron chi connectivity index (χ1n) is 8.62. The van der Waals surface area contributed by atoms with Crippen LogP contribution < -0.4 is 0 Å². The van der Waals surface area contributed by atoms with Crippen LogP contribution in [0.25, 0.3) is 0 Å². The van der Waals surface area contributed by atoms with Crippen molar-refractivity contribution in [2.24, 2.45) is 0 Å². The Kier molecular flexibility index (Phi) is 7.47. The number of rotatable bonds is 10. The zero-order valence-corrected chi connectivity index (χ0v) is 15.4. The van der Waals surface area contributed by atoms with E-state index in [2.05, 4.69) is 54.5 Å². The molecule has 4 heteroatoms. The van der Waals surface area contributed by atoms with Gasteiger partial charge in [-0.2, -0.15) is 0 Å². The summed E-state index contributed by atoms with van der Waals surface area (Å²) in [6.07, 6.45) is 3.71. The highest BCUT2D eigenvalue weighted by molar-refractivity contribution is 7.10. The highest BCUT2D eigenvalue weighted by Crippen LogP contribution is 2.18. The molecule has 0 spiro atoms. The minimum absolute atomic E-state index is 0.180. The van der Waals surface area contributed by atoms with Crippen molar-refractivity contribution < 1.29 is 9.90 Å². The lowest BCUT2D eigenvalue weighted by Crippen LogP contribution is -2.25. The van der Waals surface area contributed by atoms with E-state index in [1.165, 1.54) is 34.4 Å². The molecule has 0 fully saturated rings. The number of carboxylic acid groups (broad SMARTS) is 1. The van der Waals surface area contributed by atoms with Crippen molar-refractivity contribution in [3.63, 3.8) is 0 Å². The first-order chi connectivity index (χ1) is 11.6. The SMILES string of the molecule is CCCCc1cccc(CN(CCC(=O)O)Cc2cc(C)cs2)c1. The van der Waals surface area contributed by atoms with E-state index in [0.717, 1.165) is 19.5 Å². The van der Waals surface area contributed by atoms with Crippen LogP contribution in [0.15, 0.2) is 35.7 Å². The smallest absolute Gasteiger partial charge is 0.304 e. The normalized spacial score (nSPS) is 11.1. The maximum absolute atomic E-state index is 11.0. The van der Waals surface area contributed by atoms with Crippen molar-refractivity contribution in [3.8, 4) is 0 Å². The number of nitrogens with zero attached hydrogens (tertiary/aromatic N) is 1. The minimum Gasteiger partial charge on any atom is -0.481 e. The van der Waals surface area contributed by atoms with Crippen LogP contribution in [0.3, 0.4) is 0 Å². The highest BCUT2D eigenvalue weighted by atomic mass is 32.1. The van der Waals surface area contributed by atoms with Gasteiger partial charge in [0.2, 0.25) is 0 Å². The van der Waals surface area contributed by atoms with E-state index in [0.29, 0.717) is 6.54 Å². The molecule has 0 amide bonds. The van der Waals surface area contributed by atoms with Gasteiger partial charge in [-0.1, -0.05) is 37.6 Å². The van der Waals surface area contributed by atoms with Crippen molar-refractivity contribution in [1.82, 2.24) is 4.90 Å². The van der Waals surface area contributed by atoms with Gasteiger partial charge in [0.1, 0.15) is 0 Å². The molecule has 1 aromatic heterocycles. The average Bonchev–Trinajstić information content (AvgIpc) is 2.96. The molecular weight excluding hydrogens is 318 g/mol. The molecule has 2 rings (SSSR count). The van der Waals surface area contributed by atoms with Gasteiger partial charge in [-0.15, -0.1) is 11.3 Å². The van der Waals surface area contributed by atoms with Gasteiger partial charge in [0.05, 0.1) is 6.42 Å². The van der Waals surface area contributed by atoms with E-state index in [-0.39, 0.29) is 6.42 Å². The lowest BCUT2D eigenvalue weighted by molar-refractivity contribution is -0.137. The van der Waals surface area contributed by atoms with Crippen LogP contribution in [0.5, 0.6) is 0 Å². The zero-order chi connectivity index (χ0) is 17.4. The molecule has 1 aromatic carbocycles. The molecule has 0 radical (unpaired) electrons. The number of thiophene rings is 1. The Morgan fingerprint density at radius 3 is 2.67 bits per heavy atom. The van der Waals surface area contributed by atoms with E-state index in [1.807, 2.05) is 0 Å². The molecule has 1 heterocycles. The van der Waals surface area contributed by atoms with Gasteiger partial charge in [-0.05, 0) is 47.9 Å². The summed E-state index contributed by atoms with van der Waals surface area (Å²) in [6.45, 7) is 6.49. The molecule has 130 valence electrons. The van der Waals surface area contributed by atoms with Gasteiger partial charge in [0.15, 0.2) is 0 Å². The summed E-state index contributed by atoms with van der Waals surface area (Å²) in [7, 11) is 0. The molecule has 0 unspecified atom stereocenters. The predicted octanol–water partition coefficient (Wildman–Crippen LogP) is 4.88. The Morgan fingerprint density at radius 2 is 2.00 bits per heavy atom. The monoisotopic (exact) mass is 345 g/mol. The quantitative estimate of drug-likeness (QED) is 0.667. The van der Waals surface area contributed by atoms with Crippen LogP contribution in [0.1, 0.15) is 47.8 Å². The molecule has 0 saturated carbocycles. The Bertz CT molecular complexity index is 651. The molecule has 0 atom stereocenters. The second-order valence-corrected chi connectivity index (χ2v) is 7.36. The molecule has 24 heavy (non-hydrogen) atoms. The Balaban J connectivity index is 2.04. The average molecular weight is 346 g/mol. The Morgan fingerprint density at radius 1 is 1.21 bits per heavy atom. The summed E-state index contributed by atoms with van der Waals surface area (Å²) in [5, 5.41) is 11.2. The van der Waals surface area contributed by atoms with E-state index in [1.54, 1.807) is 11.3 Å². The molecule has 0 saturated heterocycles. The molecule has 0 bridgehead atoms. The summed E-state index contributed by atoms with van der Waals surface area (Å²) in [6, 6.07) is 10.9. The van der Waals surface area contributed by atoms with Crippen LogP contribution >= 0.6 is 11.3 Å². The van der Waals surface area contributed by atoms with Crippen molar-refractivity contribution in [2.75, 3.05) is 6.54 Å². The third-order valence-electron chi connectivity index (χ3n) is 4.02. The molecule has 0 aliphatic carbocycles.